The lowest BCUT2D eigenvalue weighted by Crippen LogP contribution is -2.53. The van der Waals surface area contributed by atoms with Crippen molar-refractivity contribution in [1.29, 1.82) is 0 Å². The number of fused-ring (bicyclic) bond motifs is 4. The molecule has 1 aliphatic carbocycles. The Bertz CT molecular complexity index is 390. The number of nitrogens with zero attached hydrogens (tertiary/aromatic N) is 3. The molecule has 0 aromatic heterocycles. The van der Waals surface area contributed by atoms with Gasteiger partial charge in [0.15, 0.2) is 0 Å². The predicted octanol–water partition coefficient (Wildman–Crippen LogP) is 3.42. The lowest BCUT2D eigenvalue weighted by atomic mass is 9.77. The summed E-state index contributed by atoms with van der Waals surface area (Å²) < 4.78 is 0. The average Bonchev–Trinajstić information content (AvgIpc) is 3.22. The van der Waals surface area contributed by atoms with E-state index in [0.717, 1.165) is 31.1 Å². The first-order valence-electron chi connectivity index (χ1n) is 10.7. The fraction of sp³-hybridized carbons (Fsp3) is 1.00. The molecule has 4 aliphatic rings. The van der Waals surface area contributed by atoms with Crippen molar-refractivity contribution in [3.63, 3.8) is 0 Å². The molecule has 0 spiro atoms. The van der Waals surface area contributed by atoms with Crippen LogP contribution >= 0.6 is 0 Å². The quantitative estimate of drug-likeness (QED) is 0.709. The van der Waals surface area contributed by atoms with Crippen molar-refractivity contribution < 1.29 is 0 Å². The molecule has 5 unspecified atom stereocenters. The second kappa shape index (κ2) is 8.45. The third-order valence-corrected chi connectivity index (χ3v) is 6.92. The highest BCUT2D eigenvalue weighted by Crippen LogP contribution is 2.41. The minimum absolute atomic E-state index is 0.786. The topological polar surface area (TPSA) is 33.8 Å². The molecule has 0 aromatic carbocycles. The Morgan fingerprint density at radius 2 is 1.46 bits per heavy atom. The van der Waals surface area contributed by atoms with Crippen LogP contribution in [0, 0.1) is 11.8 Å². The van der Waals surface area contributed by atoms with Crippen LogP contribution in [-0.4, -0.2) is 40.9 Å². The van der Waals surface area contributed by atoms with Crippen LogP contribution in [0.15, 0.2) is 0 Å². The summed E-state index contributed by atoms with van der Waals surface area (Å²) in [5.41, 5.74) is 6.81. The van der Waals surface area contributed by atoms with Gasteiger partial charge in [-0.15, -0.1) is 5.12 Å². The maximum atomic E-state index is 3.43. The van der Waals surface area contributed by atoms with Crippen molar-refractivity contribution in [3.8, 4) is 0 Å². The van der Waals surface area contributed by atoms with Crippen LogP contribution in [-0.2, 0) is 0 Å². The van der Waals surface area contributed by atoms with E-state index < -0.39 is 0 Å². The minimum atomic E-state index is 0.786. The Labute approximate surface area is 148 Å². The van der Waals surface area contributed by atoms with E-state index in [1.165, 1.54) is 90.0 Å². The third kappa shape index (κ3) is 4.13. The monoisotopic (exact) mass is 335 g/mol. The van der Waals surface area contributed by atoms with E-state index in [0.29, 0.717) is 0 Å². The fourth-order valence-electron chi connectivity index (χ4n) is 5.45. The van der Waals surface area contributed by atoms with Gasteiger partial charge in [0.05, 0.1) is 6.67 Å². The summed E-state index contributed by atoms with van der Waals surface area (Å²) in [4.78, 5) is 0. The van der Waals surface area contributed by atoms with Gasteiger partial charge in [-0.25, -0.2) is 10.0 Å². The third-order valence-electron chi connectivity index (χ3n) is 6.92. The first-order valence-corrected chi connectivity index (χ1v) is 10.7. The smallest absolute Gasteiger partial charge is 0.0968 e. The molecule has 0 amide bonds. The molecule has 0 aromatic rings. The normalized spacial score (nSPS) is 42.8. The Morgan fingerprint density at radius 1 is 0.667 bits per heavy atom. The van der Waals surface area contributed by atoms with Gasteiger partial charge >= 0.3 is 0 Å². The molecule has 4 rings (SSSR count). The second-order valence-corrected chi connectivity index (χ2v) is 8.60. The largest absolute Gasteiger partial charge is 0.222 e. The van der Waals surface area contributed by atoms with Gasteiger partial charge in [0, 0.05) is 19.1 Å². The van der Waals surface area contributed by atoms with Crippen LogP contribution in [0.5, 0.6) is 0 Å². The Balaban J connectivity index is 1.38. The van der Waals surface area contributed by atoms with Crippen LogP contribution in [0.3, 0.4) is 0 Å². The highest BCUT2D eigenvalue weighted by Gasteiger charge is 2.42. The zero-order valence-electron chi connectivity index (χ0n) is 15.4. The minimum Gasteiger partial charge on any atom is -0.222 e. The molecule has 3 aliphatic heterocycles. The van der Waals surface area contributed by atoms with Gasteiger partial charge in [0.1, 0.15) is 0 Å². The molecule has 5 nitrogen and oxygen atoms in total. The van der Waals surface area contributed by atoms with E-state index in [2.05, 4.69) is 26.2 Å². The van der Waals surface area contributed by atoms with Crippen LogP contribution in [0.4, 0.5) is 0 Å². The summed E-state index contributed by atoms with van der Waals surface area (Å²) in [7, 11) is 0. The average molecular weight is 336 g/mol. The van der Waals surface area contributed by atoms with Gasteiger partial charge in [0.2, 0.25) is 0 Å². The Morgan fingerprint density at radius 3 is 2.33 bits per heavy atom. The van der Waals surface area contributed by atoms with Gasteiger partial charge < -0.3 is 0 Å². The first-order chi connectivity index (χ1) is 11.9. The van der Waals surface area contributed by atoms with E-state index in [4.69, 9.17) is 0 Å². The van der Waals surface area contributed by atoms with Gasteiger partial charge in [-0.3, -0.25) is 0 Å². The maximum Gasteiger partial charge on any atom is 0.0968 e. The maximum absolute atomic E-state index is 3.43. The summed E-state index contributed by atoms with van der Waals surface area (Å²) in [6.07, 6.45) is 18.7. The standard InChI is InChI=1S/C19H37N5/c1-2-4-6-8-13-22-16-24(21-20-22)23-14-12-18-11-10-17(15-19(18)23)9-7-5-3-1/h17-21H,1-16H2. The van der Waals surface area contributed by atoms with E-state index in [9.17, 15) is 0 Å². The summed E-state index contributed by atoms with van der Waals surface area (Å²) in [6, 6.07) is 0.786. The SMILES string of the molecule is C1CCCCCN2CN(NN2)N2CCC3CCC(CCCC1)CC32. The predicted molar refractivity (Wildman–Crippen MR) is 97.2 cm³/mol. The summed E-state index contributed by atoms with van der Waals surface area (Å²) in [5, 5.41) is 7.37. The first kappa shape index (κ1) is 17.2. The molecule has 0 radical (unpaired) electrons. The van der Waals surface area contributed by atoms with Crippen molar-refractivity contribution in [2.45, 2.75) is 89.5 Å². The number of rotatable bonds is 0. The van der Waals surface area contributed by atoms with Crippen molar-refractivity contribution in [2.75, 3.05) is 19.8 Å². The van der Waals surface area contributed by atoms with Crippen LogP contribution < -0.4 is 11.1 Å². The number of hydrogen-bond acceptors (Lipinski definition) is 5. The molecular formula is C19H37N5. The van der Waals surface area contributed by atoms with Crippen molar-refractivity contribution in [1.82, 2.24) is 26.2 Å². The van der Waals surface area contributed by atoms with E-state index in [1.807, 2.05) is 0 Å². The molecule has 24 heavy (non-hydrogen) atoms. The molecule has 3 saturated heterocycles. The van der Waals surface area contributed by atoms with E-state index in [1.54, 1.807) is 0 Å². The van der Waals surface area contributed by atoms with Crippen LogP contribution in [0.1, 0.15) is 83.5 Å². The highest BCUT2D eigenvalue weighted by atomic mass is 16.0. The zero-order valence-corrected chi connectivity index (χ0v) is 15.4. The number of hydrazine groups is 4. The number of nitrogens with one attached hydrogen (secondary N) is 2. The Kier molecular flexibility index (Phi) is 6.07. The lowest BCUT2D eigenvalue weighted by Gasteiger charge is -2.39. The molecule has 5 heteroatoms. The molecule has 1 saturated carbocycles. The fourth-order valence-corrected chi connectivity index (χ4v) is 5.45. The summed E-state index contributed by atoms with van der Waals surface area (Å²) in [5.74, 6) is 1.92. The van der Waals surface area contributed by atoms with E-state index >= 15 is 0 Å². The van der Waals surface area contributed by atoms with Crippen LogP contribution in [0.2, 0.25) is 0 Å². The van der Waals surface area contributed by atoms with Crippen molar-refractivity contribution in [2.24, 2.45) is 11.8 Å². The Hall–Kier alpha value is -0.200. The van der Waals surface area contributed by atoms with Gasteiger partial charge in [-0.2, -0.15) is 11.1 Å². The molecule has 2 N–H and O–H groups in total. The summed E-state index contributed by atoms with van der Waals surface area (Å²) in [6.45, 7) is 3.40. The zero-order chi connectivity index (χ0) is 16.2. The van der Waals surface area contributed by atoms with E-state index in [-0.39, 0.29) is 0 Å². The second-order valence-electron chi connectivity index (χ2n) is 8.60. The number of hydrogen-bond donors (Lipinski definition) is 2. The van der Waals surface area contributed by atoms with Crippen molar-refractivity contribution >= 4 is 0 Å². The lowest BCUT2D eigenvalue weighted by molar-refractivity contribution is -0.0832. The van der Waals surface area contributed by atoms with Gasteiger partial charge in [0.25, 0.3) is 0 Å². The highest BCUT2D eigenvalue weighted by molar-refractivity contribution is 4.91. The molecule has 4 fully saturated rings. The molecule has 3 heterocycles. The van der Waals surface area contributed by atoms with Crippen molar-refractivity contribution in [3.05, 3.63) is 0 Å². The van der Waals surface area contributed by atoms with Gasteiger partial charge in [-0.05, 0) is 37.5 Å². The summed E-state index contributed by atoms with van der Waals surface area (Å²) >= 11 is 0. The molecule has 5 atom stereocenters. The van der Waals surface area contributed by atoms with Gasteiger partial charge in [-0.1, -0.05) is 57.8 Å². The molecular weight excluding hydrogens is 298 g/mol. The molecule has 138 valence electrons. The molecule has 4 bridgehead atoms. The van der Waals surface area contributed by atoms with Crippen LogP contribution in [0.25, 0.3) is 0 Å².